The maximum Gasteiger partial charge on any atom is 0.241 e. The van der Waals surface area contributed by atoms with Crippen LogP contribution < -0.4 is 10.6 Å². The summed E-state index contributed by atoms with van der Waals surface area (Å²) in [7, 11) is 0. The summed E-state index contributed by atoms with van der Waals surface area (Å²) in [6, 6.07) is 12.9. The Balaban J connectivity index is 1.91. The molecule has 1 atom stereocenters. The number of rotatable bonds is 9. The van der Waals surface area contributed by atoms with E-state index in [1.54, 1.807) is 0 Å². The first kappa shape index (κ1) is 21.9. The Morgan fingerprint density at radius 2 is 1.82 bits per heavy atom. The minimum Gasteiger partial charge on any atom is -0.325 e. The second-order valence-electron chi connectivity index (χ2n) is 6.49. The van der Waals surface area contributed by atoms with Gasteiger partial charge in [-0.15, -0.1) is 0 Å². The van der Waals surface area contributed by atoms with E-state index in [1.807, 2.05) is 49.1 Å². The van der Waals surface area contributed by atoms with E-state index in [-0.39, 0.29) is 28.9 Å². The van der Waals surface area contributed by atoms with Crippen LogP contribution >= 0.6 is 11.6 Å². The van der Waals surface area contributed by atoms with Crippen molar-refractivity contribution in [3.63, 3.8) is 0 Å². The molecule has 7 heteroatoms. The third kappa shape index (κ3) is 6.62. The Kier molecular flexibility index (Phi) is 8.42. The molecule has 0 fully saturated rings. The molecule has 0 heterocycles. The molecule has 0 radical (unpaired) electrons. The summed E-state index contributed by atoms with van der Waals surface area (Å²) in [4.78, 5) is 26.7. The summed E-state index contributed by atoms with van der Waals surface area (Å²) in [5.41, 5.74) is 0.818. The van der Waals surface area contributed by atoms with Gasteiger partial charge in [0, 0.05) is 23.7 Å². The van der Waals surface area contributed by atoms with E-state index >= 15 is 0 Å². The van der Waals surface area contributed by atoms with Crippen LogP contribution in [0.25, 0.3) is 0 Å². The van der Waals surface area contributed by atoms with Crippen LogP contribution in [-0.2, 0) is 9.59 Å². The van der Waals surface area contributed by atoms with Crippen molar-refractivity contribution in [2.75, 3.05) is 23.7 Å². The number of carbonyl (C=O) groups excluding carboxylic acids is 2. The first-order valence-corrected chi connectivity index (χ1v) is 9.63. The number of anilines is 2. The van der Waals surface area contributed by atoms with Gasteiger partial charge in [0.25, 0.3) is 0 Å². The largest absolute Gasteiger partial charge is 0.325 e. The summed E-state index contributed by atoms with van der Waals surface area (Å²) in [5, 5.41) is 5.69. The summed E-state index contributed by atoms with van der Waals surface area (Å²) in [6.45, 7) is 4.88. The van der Waals surface area contributed by atoms with Gasteiger partial charge < -0.3 is 10.6 Å². The van der Waals surface area contributed by atoms with Crippen LogP contribution in [-0.4, -0.2) is 35.8 Å². The zero-order valence-corrected chi connectivity index (χ0v) is 16.8. The Bertz CT molecular complexity index is 801. The van der Waals surface area contributed by atoms with Crippen LogP contribution in [0.3, 0.4) is 0 Å². The summed E-state index contributed by atoms with van der Waals surface area (Å²) in [5.74, 6) is -1.04. The number of nitrogens with one attached hydrogen (secondary N) is 2. The van der Waals surface area contributed by atoms with Crippen molar-refractivity contribution in [1.29, 1.82) is 0 Å². The van der Waals surface area contributed by atoms with Crippen molar-refractivity contribution in [3.8, 4) is 0 Å². The number of amides is 2. The molecule has 28 heavy (non-hydrogen) atoms. The normalized spacial score (nSPS) is 11.9. The molecule has 2 amide bonds. The van der Waals surface area contributed by atoms with Gasteiger partial charge in [-0.2, -0.15) is 0 Å². The molecule has 0 spiro atoms. The molecular weight excluding hydrogens is 381 g/mol. The molecule has 0 aliphatic heterocycles. The Morgan fingerprint density at radius 1 is 1.11 bits per heavy atom. The zero-order chi connectivity index (χ0) is 20.5. The highest BCUT2D eigenvalue weighted by molar-refractivity contribution is 6.30. The van der Waals surface area contributed by atoms with E-state index in [9.17, 15) is 14.0 Å². The van der Waals surface area contributed by atoms with Gasteiger partial charge >= 0.3 is 0 Å². The highest BCUT2D eigenvalue weighted by Crippen LogP contribution is 2.19. The van der Waals surface area contributed by atoms with Crippen molar-refractivity contribution >= 4 is 34.8 Å². The Morgan fingerprint density at radius 3 is 2.46 bits per heavy atom. The van der Waals surface area contributed by atoms with Gasteiger partial charge in [0.15, 0.2) is 0 Å². The van der Waals surface area contributed by atoms with Crippen molar-refractivity contribution in [2.24, 2.45) is 0 Å². The van der Waals surface area contributed by atoms with Gasteiger partial charge in [-0.05, 0) is 50.2 Å². The topological polar surface area (TPSA) is 61.4 Å². The van der Waals surface area contributed by atoms with Crippen molar-refractivity contribution in [2.45, 2.75) is 32.7 Å². The van der Waals surface area contributed by atoms with E-state index in [0.717, 1.165) is 18.2 Å². The monoisotopic (exact) mass is 405 g/mol. The number of carbonyl (C=O) groups is 2. The van der Waals surface area contributed by atoms with E-state index in [1.165, 1.54) is 12.1 Å². The Labute approximate surface area is 169 Å². The van der Waals surface area contributed by atoms with Crippen LogP contribution in [0.15, 0.2) is 48.5 Å². The average Bonchev–Trinajstić information content (AvgIpc) is 2.67. The second-order valence-corrected chi connectivity index (χ2v) is 6.93. The SMILES string of the molecule is CCCN(CCC(=O)Nc1ccc(Cl)cc1F)C(C)C(=O)Nc1ccccc1. The summed E-state index contributed by atoms with van der Waals surface area (Å²) < 4.78 is 13.8. The predicted molar refractivity (Wildman–Crippen MR) is 111 cm³/mol. The lowest BCUT2D eigenvalue weighted by Gasteiger charge is -2.27. The lowest BCUT2D eigenvalue weighted by molar-refractivity contribution is -0.122. The molecular formula is C21H25ClFN3O2. The van der Waals surface area contributed by atoms with Gasteiger partial charge in [-0.1, -0.05) is 36.7 Å². The third-order valence-corrected chi connectivity index (χ3v) is 4.55. The fourth-order valence-corrected chi connectivity index (χ4v) is 2.93. The van der Waals surface area contributed by atoms with Gasteiger partial charge in [-0.25, -0.2) is 4.39 Å². The third-order valence-electron chi connectivity index (χ3n) is 4.31. The van der Waals surface area contributed by atoms with E-state index in [0.29, 0.717) is 13.1 Å². The molecule has 2 N–H and O–H groups in total. The standard InChI is InChI=1S/C21H25ClFN3O2/c1-3-12-26(15(2)21(28)24-17-7-5-4-6-8-17)13-11-20(27)25-19-10-9-16(22)14-18(19)23/h4-10,14-15H,3,11-13H2,1-2H3,(H,24,28)(H,25,27). The average molecular weight is 406 g/mol. The van der Waals surface area contributed by atoms with Crippen molar-refractivity contribution in [3.05, 3.63) is 59.4 Å². The molecule has 2 rings (SSSR count). The fraction of sp³-hybridized carbons (Fsp3) is 0.333. The molecule has 0 bridgehead atoms. The minimum atomic E-state index is -0.582. The second kappa shape index (κ2) is 10.8. The van der Waals surface area contributed by atoms with Gasteiger partial charge in [0.1, 0.15) is 5.82 Å². The van der Waals surface area contributed by atoms with Gasteiger partial charge in [0.05, 0.1) is 11.7 Å². The van der Waals surface area contributed by atoms with Gasteiger partial charge in [-0.3, -0.25) is 14.5 Å². The molecule has 0 aliphatic rings. The Hall–Kier alpha value is -2.44. The maximum absolute atomic E-state index is 13.8. The van der Waals surface area contributed by atoms with E-state index in [4.69, 9.17) is 11.6 Å². The highest BCUT2D eigenvalue weighted by Gasteiger charge is 2.21. The maximum atomic E-state index is 13.8. The predicted octanol–water partition coefficient (Wildman–Crippen LogP) is 4.55. The summed E-state index contributed by atoms with van der Waals surface area (Å²) >= 11 is 5.72. The lowest BCUT2D eigenvalue weighted by atomic mass is 10.2. The van der Waals surface area contributed by atoms with Crippen LogP contribution in [0.4, 0.5) is 15.8 Å². The highest BCUT2D eigenvalue weighted by atomic mass is 35.5. The first-order chi connectivity index (χ1) is 13.4. The molecule has 0 aromatic heterocycles. The molecule has 0 aliphatic carbocycles. The number of halogens is 2. The quantitative estimate of drug-likeness (QED) is 0.643. The van der Waals surface area contributed by atoms with Crippen molar-refractivity contribution in [1.82, 2.24) is 4.90 Å². The van der Waals surface area contributed by atoms with E-state index in [2.05, 4.69) is 10.6 Å². The smallest absolute Gasteiger partial charge is 0.241 e. The molecule has 5 nitrogen and oxygen atoms in total. The summed E-state index contributed by atoms with van der Waals surface area (Å²) in [6.07, 6.45) is 0.988. The van der Waals surface area contributed by atoms with E-state index < -0.39 is 11.9 Å². The number of hydrogen-bond donors (Lipinski definition) is 2. The molecule has 2 aromatic rings. The van der Waals surface area contributed by atoms with Crippen LogP contribution in [0.1, 0.15) is 26.7 Å². The molecule has 2 aromatic carbocycles. The number of benzene rings is 2. The zero-order valence-electron chi connectivity index (χ0n) is 16.0. The number of nitrogens with zero attached hydrogens (tertiary/aromatic N) is 1. The number of para-hydroxylation sites is 1. The fourth-order valence-electron chi connectivity index (χ4n) is 2.77. The molecule has 150 valence electrons. The molecule has 0 saturated carbocycles. The lowest BCUT2D eigenvalue weighted by Crippen LogP contribution is -2.43. The van der Waals surface area contributed by atoms with Crippen LogP contribution in [0, 0.1) is 5.82 Å². The van der Waals surface area contributed by atoms with Gasteiger partial charge in [0.2, 0.25) is 11.8 Å². The van der Waals surface area contributed by atoms with Crippen LogP contribution in [0.5, 0.6) is 0 Å². The van der Waals surface area contributed by atoms with Crippen LogP contribution in [0.2, 0.25) is 5.02 Å². The number of hydrogen-bond acceptors (Lipinski definition) is 3. The minimum absolute atomic E-state index is 0.0892. The molecule has 0 saturated heterocycles. The molecule has 1 unspecified atom stereocenters. The first-order valence-electron chi connectivity index (χ1n) is 9.25. The van der Waals surface area contributed by atoms with Crippen molar-refractivity contribution < 1.29 is 14.0 Å².